The number of ketones is 2. The second-order valence-electron chi connectivity index (χ2n) is 12.1. The number of fused-ring (bicyclic) bond motifs is 3. The molecule has 0 aromatic carbocycles. The summed E-state index contributed by atoms with van der Waals surface area (Å²) in [5, 5.41) is 9.85. The lowest BCUT2D eigenvalue weighted by atomic mass is 9.36. The van der Waals surface area contributed by atoms with Gasteiger partial charge in [0.1, 0.15) is 17.5 Å². The molecule has 3 aliphatic carbocycles. The van der Waals surface area contributed by atoms with E-state index in [9.17, 15) is 24.3 Å². The molecule has 1 unspecified atom stereocenters. The van der Waals surface area contributed by atoms with Crippen LogP contribution in [0.4, 0.5) is 0 Å². The second-order valence-corrected chi connectivity index (χ2v) is 12.1. The number of hydrogen-bond acceptors (Lipinski definition) is 8. The van der Waals surface area contributed by atoms with Gasteiger partial charge in [-0.15, -0.1) is 0 Å². The molecule has 2 saturated heterocycles. The lowest BCUT2D eigenvalue weighted by molar-refractivity contribution is -0.205. The first-order valence-electron chi connectivity index (χ1n) is 12.0. The van der Waals surface area contributed by atoms with E-state index in [-0.39, 0.29) is 35.4 Å². The molecule has 0 aromatic heterocycles. The Balaban J connectivity index is 1.51. The van der Waals surface area contributed by atoms with Crippen molar-refractivity contribution in [3.8, 4) is 0 Å². The maximum Gasteiger partial charge on any atom is 0.340 e. The van der Waals surface area contributed by atoms with E-state index in [0.717, 1.165) is 0 Å². The fourth-order valence-electron chi connectivity index (χ4n) is 8.74. The average Bonchev–Trinajstić information content (AvgIpc) is 3.45. The number of carbonyl (C=O) groups excluding carboxylic acids is 4. The van der Waals surface area contributed by atoms with Crippen molar-refractivity contribution in [2.75, 3.05) is 0 Å². The Hall–Kier alpha value is -2.32. The Labute approximate surface area is 197 Å². The smallest absolute Gasteiger partial charge is 0.340 e. The highest BCUT2D eigenvalue weighted by Gasteiger charge is 2.88. The van der Waals surface area contributed by atoms with E-state index in [0.29, 0.717) is 12.8 Å². The SMILES string of the molecule is CC1(C)C(=O)C=C[C@]2(C)[C@H]3CC[C@@]4(C)[C@H](C5=CC(O)OC5=O)OC(=O)[C@H]5O[C@]54[C@]3(C)C(=O)C[C@@H]12. The Kier molecular flexibility index (Phi) is 3.96. The molecule has 6 rings (SSSR count). The summed E-state index contributed by atoms with van der Waals surface area (Å²) in [5.41, 5.74) is -4.04. The highest BCUT2D eigenvalue weighted by molar-refractivity contribution is 5.99. The van der Waals surface area contributed by atoms with Crippen LogP contribution < -0.4 is 0 Å². The third kappa shape index (κ3) is 2.15. The molecule has 3 heterocycles. The van der Waals surface area contributed by atoms with Crippen molar-refractivity contribution in [1.82, 2.24) is 0 Å². The molecular formula is C26H30O8. The zero-order valence-corrected chi connectivity index (χ0v) is 20.0. The van der Waals surface area contributed by atoms with E-state index in [4.69, 9.17) is 14.2 Å². The van der Waals surface area contributed by atoms with Gasteiger partial charge in [0.15, 0.2) is 11.9 Å². The van der Waals surface area contributed by atoms with Gasteiger partial charge in [0.05, 0.1) is 11.0 Å². The predicted octanol–water partition coefficient (Wildman–Crippen LogP) is 2.03. The summed E-state index contributed by atoms with van der Waals surface area (Å²) in [6.07, 6.45) is 3.02. The van der Waals surface area contributed by atoms with Crippen molar-refractivity contribution in [1.29, 1.82) is 0 Å². The monoisotopic (exact) mass is 470 g/mol. The summed E-state index contributed by atoms with van der Waals surface area (Å²) < 4.78 is 16.9. The molecule has 4 fully saturated rings. The van der Waals surface area contributed by atoms with E-state index in [1.165, 1.54) is 6.08 Å². The van der Waals surface area contributed by atoms with Crippen LogP contribution in [0, 0.1) is 33.5 Å². The molecule has 3 aliphatic heterocycles. The van der Waals surface area contributed by atoms with Crippen LogP contribution >= 0.6 is 0 Å². The van der Waals surface area contributed by atoms with Gasteiger partial charge in [-0.3, -0.25) is 9.59 Å². The maximum absolute atomic E-state index is 14.1. The minimum Gasteiger partial charge on any atom is -0.454 e. The number of epoxide rings is 1. The van der Waals surface area contributed by atoms with Crippen molar-refractivity contribution in [2.45, 2.75) is 78.0 Å². The van der Waals surface area contributed by atoms with E-state index in [2.05, 4.69) is 6.92 Å². The first kappa shape index (κ1) is 22.2. The highest BCUT2D eigenvalue weighted by Crippen LogP contribution is 2.77. The van der Waals surface area contributed by atoms with Gasteiger partial charge in [-0.25, -0.2) is 9.59 Å². The van der Waals surface area contributed by atoms with E-state index >= 15 is 0 Å². The van der Waals surface area contributed by atoms with Crippen LogP contribution in [-0.4, -0.2) is 52.7 Å². The van der Waals surface area contributed by atoms with Crippen LogP contribution in [0.5, 0.6) is 0 Å². The molecule has 0 amide bonds. The van der Waals surface area contributed by atoms with Gasteiger partial charge < -0.3 is 19.3 Å². The third-order valence-corrected chi connectivity index (χ3v) is 10.6. The number of aliphatic hydroxyl groups excluding tert-OH is 1. The number of aliphatic hydroxyl groups is 1. The molecule has 1 spiro atoms. The predicted molar refractivity (Wildman–Crippen MR) is 116 cm³/mol. The minimum atomic E-state index is -1.39. The van der Waals surface area contributed by atoms with E-state index in [1.54, 1.807) is 6.08 Å². The summed E-state index contributed by atoms with van der Waals surface area (Å²) in [6.45, 7) is 9.77. The van der Waals surface area contributed by atoms with Crippen molar-refractivity contribution in [2.24, 2.45) is 33.5 Å². The molecule has 6 aliphatic rings. The number of Topliss-reactive ketones (excluding diaryl/α,β-unsaturated/α-hetero) is 1. The molecule has 1 N–H and O–H groups in total. The zero-order chi connectivity index (χ0) is 24.6. The van der Waals surface area contributed by atoms with Crippen molar-refractivity contribution in [3.05, 3.63) is 23.8 Å². The number of esters is 2. The lowest BCUT2D eigenvalue weighted by Gasteiger charge is -2.66. The molecule has 0 bridgehead atoms. The van der Waals surface area contributed by atoms with Crippen molar-refractivity contribution < 1.29 is 38.5 Å². The number of rotatable bonds is 1. The molecule has 8 nitrogen and oxygen atoms in total. The normalized spacial score (nSPS) is 52.5. The summed E-state index contributed by atoms with van der Waals surface area (Å²) >= 11 is 0. The summed E-state index contributed by atoms with van der Waals surface area (Å²) in [5.74, 6) is -1.64. The van der Waals surface area contributed by atoms with Crippen LogP contribution in [0.25, 0.3) is 0 Å². The second kappa shape index (κ2) is 6.08. The van der Waals surface area contributed by atoms with Gasteiger partial charge in [0, 0.05) is 17.3 Å². The molecule has 34 heavy (non-hydrogen) atoms. The Morgan fingerprint density at radius 2 is 1.68 bits per heavy atom. The first-order chi connectivity index (χ1) is 15.7. The fourth-order valence-corrected chi connectivity index (χ4v) is 8.74. The summed E-state index contributed by atoms with van der Waals surface area (Å²) in [7, 11) is 0. The topological polar surface area (TPSA) is 120 Å². The molecule has 0 radical (unpaired) electrons. The molecule has 0 aromatic rings. The van der Waals surface area contributed by atoms with Gasteiger partial charge in [-0.05, 0) is 49.2 Å². The zero-order valence-electron chi connectivity index (χ0n) is 20.0. The Morgan fingerprint density at radius 3 is 2.32 bits per heavy atom. The third-order valence-electron chi connectivity index (χ3n) is 10.6. The molecular weight excluding hydrogens is 440 g/mol. The van der Waals surface area contributed by atoms with Gasteiger partial charge in [0.2, 0.25) is 6.29 Å². The van der Waals surface area contributed by atoms with Crippen LogP contribution in [0.15, 0.2) is 23.8 Å². The molecule has 2 saturated carbocycles. The molecule has 9 atom stereocenters. The number of carbonyl (C=O) groups is 4. The Morgan fingerprint density at radius 1 is 0.971 bits per heavy atom. The number of cyclic esters (lactones) is 2. The van der Waals surface area contributed by atoms with E-state index in [1.807, 2.05) is 33.8 Å². The lowest BCUT2D eigenvalue weighted by Crippen LogP contribution is -2.72. The van der Waals surface area contributed by atoms with Gasteiger partial charge in [-0.1, -0.05) is 33.8 Å². The van der Waals surface area contributed by atoms with Gasteiger partial charge >= 0.3 is 11.9 Å². The quantitative estimate of drug-likeness (QED) is 0.457. The van der Waals surface area contributed by atoms with Gasteiger partial charge in [0.25, 0.3) is 0 Å². The largest absolute Gasteiger partial charge is 0.454 e. The number of hydrogen-bond donors (Lipinski definition) is 1. The number of allylic oxidation sites excluding steroid dienone is 2. The molecule has 8 heteroatoms. The maximum atomic E-state index is 14.1. The minimum absolute atomic E-state index is 0.0129. The Bertz CT molecular complexity index is 1130. The summed E-state index contributed by atoms with van der Waals surface area (Å²) in [6, 6.07) is 0. The van der Waals surface area contributed by atoms with Crippen LogP contribution in [0.3, 0.4) is 0 Å². The standard InChI is InChI=1S/C26H30O8/c1-22(2)14-11-16(28)25(5)13(23(14,3)8-7-15(22)27)6-9-24(4)18(12-10-17(29)32-20(12)30)33-21(31)19-26(24,25)34-19/h7-8,10,13-14,17-19,29H,6,9,11H2,1-5H3/t13-,14+,17?,18+,19-,23-,24+,25+,26-/m1/s1. The highest BCUT2D eigenvalue weighted by atomic mass is 16.7. The fraction of sp³-hybridized carbons (Fsp3) is 0.692. The molecule has 182 valence electrons. The average molecular weight is 471 g/mol. The van der Waals surface area contributed by atoms with Gasteiger partial charge in [-0.2, -0.15) is 0 Å². The van der Waals surface area contributed by atoms with Crippen LogP contribution in [0.2, 0.25) is 0 Å². The van der Waals surface area contributed by atoms with E-state index < -0.39 is 57.7 Å². The van der Waals surface area contributed by atoms with Crippen LogP contribution in [-0.2, 0) is 33.4 Å². The van der Waals surface area contributed by atoms with Crippen LogP contribution in [0.1, 0.15) is 53.9 Å². The van der Waals surface area contributed by atoms with Crippen molar-refractivity contribution >= 4 is 23.5 Å². The summed E-state index contributed by atoms with van der Waals surface area (Å²) in [4.78, 5) is 52.4. The first-order valence-corrected chi connectivity index (χ1v) is 12.0. The number of ether oxygens (including phenoxy) is 3. The van der Waals surface area contributed by atoms with Crippen molar-refractivity contribution in [3.63, 3.8) is 0 Å².